The molecule has 3 nitrogen and oxygen atoms in total. The highest BCUT2D eigenvalue weighted by atomic mass is 35.5. The van der Waals surface area contributed by atoms with E-state index in [2.05, 4.69) is 5.32 Å². The van der Waals surface area contributed by atoms with Crippen molar-refractivity contribution in [2.45, 2.75) is 13.0 Å². The van der Waals surface area contributed by atoms with E-state index >= 15 is 0 Å². The average Bonchev–Trinajstić information content (AvgIpc) is 2.64. The van der Waals surface area contributed by atoms with E-state index in [1.165, 1.54) is 11.3 Å². The molecule has 1 amide bonds. The SMILES string of the molecule is C[C@@H]1CNCCN1C(=O)c1sccc1Cl. The zero-order valence-electron chi connectivity index (χ0n) is 8.50. The normalized spacial score (nSPS) is 21.7. The van der Waals surface area contributed by atoms with Gasteiger partial charge in [-0.15, -0.1) is 11.3 Å². The smallest absolute Gasteiger partial charge is 0.265 e. The number of amides is 1. The molecular weight excluding hydrogens is 232 g/mol. The molecule has 0 radical (unpaired) electrons. The molecule has 0 saturated carbocycles. The highest BCUT2D eigenvalue weighted by Gasteiger charge is 2.25. The Kier molecular flexibility index (Phi) is 3.29. The predicted molar refractivity (Wildman–Crippen MR) is 62.7 cm³/mol. The van der Waals surface area contributed by atoms with Gasteiger partial charge >= 0.3 is 0 Å². The summed E-state index contributed by atoms with van der Waals surface area (Å²) in [5, 5.41) is 5.67. The summed E-state index contributed by atoms with van der Waals surface area (Å²) in [6.45, 7) is 4.52. The second-order valence-electron chi connectivity index (χ2n) is 3.65. The zero-order valence-corrected chi connectivity index (χ0v) is 10.1. The van der Waals surface area contributed by atoms with Crippen LogP contribution in [0.4, 0.5) is 0 Å². The highest BCUT2D eigenvalue weighted by Crippen LogP contribution is 2.24. The second kappa shape index (κ2) is 4.51. The van der Waals surface area contributed by atoms with Gasteiger partial charge in [0.05, 0.1) is 5.02 Å². The maximum Gasteiger partial charge on any atom is 0.265 e. The van der Waals surface area contributed by atoms with Crippen LogP contribution in [0.25, 0.3) is 0 Å². The van der Waals surface area contributed by atoms with Gasteiger partial charge in [0.25, 0.3) is 5.91 Å². The van der Waals surface area contributed by atoms with E-state index in [0.717, 1.165) is 19.6 Å². The molecule has 1 aromatic rings. The minimum absolute atomic E-state index is 0.0593. The van der Waals surface area contributed by atoms with Crippen molar-refractivity contribution >= 4 is 28.8 Å². The van der Waals surface area contributed by atoms with Crippen LogP contribution >= 0.6 is 22.9 Å². The van der Waals surface area contributed by atoms with Crippen LogP contribution in [0.5, 0.6) is 0 Å². The highest BCUT2D eigenvalue weighted by molar-refractivity contribution is 7.12. The lowest BCUT2D eigenvalue weighted by atomic mass is 10.2. The van der Waals surface area contributed by atoms with Crippen LogP contribution in [0.3, 0.4) is 0 Å². The Bertz CT molecular complexity index is 366. The number of piperazine rings is 1. The number of hydrogen-bond donors (Lipinski definition) is 1. The van der Waals surface area contributed by atoms with Gasteiger partial charge in [0, 0.05) is 25.7 Å². The molecule has 0 aliphatic carbocycles. The lowest BCUT2D eigenvalue weighted by molar-refractivity contribution is 0.0661. The molecule has 1 atom stereocenters. The zero-order chi connectivity index (χ0) is 10.8. The Labute approximate surface area is 98.0 Å². The molecule has 1 aliphatic rings. The van der Waals surface area contributed by atoms with Gasteiger partial charge in [-0.1, -0.05) is 11.6 Å². The van der Waals surface area contributed by atoms with Gasteiger partial charge < -0.3 is 10.2 Å². The minimum atomic E-state index is 0.0593. The van der Waals surface area contributed by atoms with Crippen molar-refractivity contribution in [2.24, 2.45) is 0 Å². The average molecular weight is 245 g/mol. The van der Waals surface area contributed by atoms with Crippen LogP contribution in [0.15, 0.2) is 11.4 Å². The molecule has 0 unspecified atom stereocenters. The van der Waals surface area contributed by atoms with Crippen molar-refractivity contribution < 1.29 is 4.79 Å². The number of carbonyl (C=O) groups is 1. The summed E-state index contributed by atoms with van der Waals surface area (Å²) in [4.78, 5) is 14.7. The fourth-order valence-electron chi connectivity index (χ4n) is 1.72. The standard InChI is InChI=1S/C10H13ClN2OS/c1-7-6-12-3-4-13(7)10(14)9-8(11)2-5-15-9/h2,5,7,12H,3-4,6H2,1H3/t7-/m1/s1. The summed E-state index contributed by atoms with van der Waals surface area (Å²) in [5.41, 5.74) is 0. The van der Waals surface area contributed by atoms with E-state index in [1.807, 2.05) is 17.2 Å². The summed E-state index contributed by atoms with van der Waals surface area (Å²) >= 11 is 7.36. The largest absolute Gasteiger partial charge is 0.333 e. The van der Waals surface area contributed by atoms with Crippen molar-refractivity contribution in [2.75, 3.05) is 19.6 Å². The molecule has 0 aromatic carbocycles. The molecule has 1 N–H and O–H groups in total. The van der Waals surface area contributed by atoms with E-state index in [-0.39, 0.29) is 11.9 Å². The molecule has 2 heterocycles. The number of hydrogen-bond acceptors (Lipinski definition) is 3. The Morgan fingerprint density at radius 2 is 2.53 bits per heavy atom. The molecule has 82 valence electrons. The predicted octanol–water partition coefficient (Wildman–Crippen LogP) is 1.84. The van der Waals surface area contributed by atoms with E-state index in [0.29, 0.717) is 9.90 Å². The first-order chi connectivity index (χ1) is 7.20. The minimum Gasteiger partial charge on any atom is -0.333 e. The maximum atomic E-state index is 12.1. The number of carbonyl (C=O) groups excluding carboxylic acids is 1. The molecule has 15 heavy (non-hydrogen) atoms. The van der Waals surface area contributed by atoms with Gasteiger partial charge in [0.1, 0.15) is 4.88 Å². The van der Waals surface area contributed by atoms with Crippen molar-refractivity contribution in [1.29, 1.82) is 0 Å². The Hall–Kier alpha value is -0.580. The van der Waals surface area contributed by atoms with Crippen LogP contribution in [0, 0.1) is 0 Å². The van der Waals surface area contributed by atoms with Crippen molar-refractivity contribution in [3.8, 4) is 0 Å². The fourth-order valence-corrected chi connectivity index (χ4v) is 2.81. The van der Waals surface area contributed by atoms with Gasteiger partial charge in [0.2, 0.25) is 0 Å². The fraction of sp³-hybridized carbons (Fsp3) is 0.500. The second-order valence-corrected chi connectivity index (χ2v) is 4.97. The van der Waals surface area contributed by atoms with Crippen LogP contribution in [-0.4, -0.2) is 36.5 Å². The van der Waals surface area contributed by atoms with E-state index in [1.54, 1.807) is 6.07 Å². The molecular formula is C10H13ClN2OS. The summed E-state index contributed by atoms with van der Waals surface area (Å²) < 4.78 is 0. The van der Waals surface area contributed by atoms with E-state index < -0.39 is 0 Å². The Morgan fingerprint density at radius 3 is 3.13 bits per heavy atom. The third kappa shape index (κ3) is 2.17. The van der Waals surface area contributed by atoms with Gasteiger partial charge in [-0.25, -0.2) is 0 Å². The number of halogens is 1. The number of nitrogens with one attached hydrogen (secondary N) is 1. The van der Waals surface area contributed by atoms with Crippen LogP contribution < -0.4 is 5.32 Å². The Morgan fingerprint density at radius 1 is 1.73 bits per heavy atom. The molecule has 5 heteroatoms. The third-order valence-corrected chi connectivity index (χ3v) is 3.90. The summed E-state index contributed by atoms with van der Waals surface area (Å²) in [6, 6.07) is 2.01. The first-order valence-electron chi connectivity index (χ1n) is 4.95. The van der Waals surface area contributed by atoms with Gasteiger partial charge in [-0.05, 0) is 18.4 Å². The number of thiophene rings is 1. The third-order valence-electron chi connectivity index (χ3n) is 2.57. The number of nitrogens with zero attached hydrogens (tertiary/aromatic N) is 1. The van der Waals surface area contributed by atoms with Gasteiger partial charge in [-0.2, -0.15) is 0 Å². The molecule has 1 aromatic heterocycles. The molecule has 0 spiro atoms. The molecule has 1 fully saturated rings. The monoisotopic (exact) mass is 244 g/mol. The number of rotatable bonds is 1. The van der Waals surface area contributed by atoms with Crippen molar-refractivity contribution in [3.05, 3.63) is 21.3 Å². The molecule has 2 rings (SSSR count). The van der Waals surface area contributed by atoms with E-state index in [9.17, 15) is 4.79 Å². The molecule has 1 aliphatic heterocycles. The quantitative estimate of drug-likeness (QED) is 0.818. The first-order valence-corrected chi connectivity index (χ1v) is 6.20. The van der Waals surface area contributed by atoms with Crippen LogP contribution in [0.2, 0.25) is 5.02 Å². The van der Waals surface area contributed by atoms with E-state index in [4.69, 9.17) is 11.6 Å². The van der Waals surface area contributed by atoms with Crippen LogP contribution in [-0.2, 0) is 0 Å². The lowest BCUT2D eigenvalue weighted by Crippen LogP contribution is -2.52. The van der Waals surface area contributed by atoms with Gasteiger partial charge in [0.15, 0.2) is 0 Å². The van der Waals surface area contributed by atoms with Crippen molar-refractivity contribution in [1.82, 2.24) is 10.2 Å². The molecule has 0 bridgehead atoms. The van der Waals surface area contributed by atoms with Crippen LogP contribution in [0.1, 0.15) is 16.6 Å². The Balaban J connectivity index is 2.17. The maximum absolute atomic E-state index is 12.1. The molecule has 1 saturated heterocycles. The lowest BCUT2D eigenvalue weighted by Gasteiger charge is -2.33. The first kappa shape index (κ1) is 10.9. The summed E-state index contributed by atoms with van der Waals surface area (Å²) in [7, 11) is 0. The van der Waals surface area contributed by atoms with Crippen molar-refractivity contribution in [3.63, 3.8) is 0 Å². The summed E-state index contributed by atoms with van der Waals surface area (Å²) in [6.07, 6.45) is 0. The van der Waals surface area contributed by atoms with Gasteiger partial charge in [-0.3, -0.25) is 4.79 Å². The topological polar surface area (TPSA) is 32.3 Å². The summed E-state index contributed by atoms with van der Waals surface area (Å²) in [5.74, 6) is 0.0593.